The van der Waals surface area contributed by atoms with Crippen LogP contribution in [0, 0.1) is 0 Å². The highest BCUT2D eigenvalue weighted by atomic mass is 16.4. The summed E-state index contributed by atoms with van der Waals surface area (Å²) < 4.78 is 2.35. The number of hydrogen-bond acceptors (Lipinski definition) is 2. The number of nitrogens with zero attached hydrogens (tertiary/aromatic N) is 1. The van der Waals surface area contributed by atoms with Crippen molar-refractivity contribution in [3.05, 3.63) is 30.1 Å². The van der Waals surface area contributed by atoms with Crippen molar-refractivity contribution in [3.8, 4) is 0 Å². The second-order valence-corrected chi connectivity index (χ2v) is 5.11. The summed E-state index contributed by atoms with van der Waals surface area (Å²) in [6, 6.07) is 4.43. The molecule has 0 aliphatic rings. The average molecular weight is 279 g/mol. The standard InChI is InChI=1S/C15H26N.C2H4O2/c1-3-5-7-8-12-16-13-9-11-15(14-16)10-6-4-2;1-2(3)4/h9,11,13-14H,3-8,10,12H2,1-2H3;1H3,(H,3,4)/q+1;/p-1. The van der Waals surface area contributed by atoms with Gasteiger partial charge in [0.2, 0.25) is 0 Å². The van der Waals surface area contributed by atoms with E-state index in [0.717, 1.165) is 6.92 Å². The summed E-state index contributed by atoms with van der Waals surface area (Å²) in [5.41, 5.74) is 1.49. The summed E-state index contributed by atoms with van der Waals surface area (Å²) in [5, 5.41) is 8.89. The highest BCUT2D eigenvalue weighted by molar-refractivity contribution is 5.60. The number of carbonyl (C=O) groups excluding carboxylic acids is 1. The van der Waals surface area contributed by atoms with Crippen LogP contribution in [0.4, 0.5) is 0 Å². The summed E-state index contributed by atoms with van der Waals surface area (Å²) in [4.78, 5) is 8.89. The molecule has 3 nitrogen and oxygen atoms in total. The molecule has 0 aromatic carbocycles. The van der Waals surface area contributed by atoms with Crippen molar-refractivity contribution in [1.82, 2.24) is 0 Å². The monoisotopic (exact) mass is 279 g/mol. The van der Waals surface area contributed by atoms with Gasteiger partial charge in [0.15, 0.2) is 12.4 Å². The fourth-order valence-electron chi connectivity index (χ4n) is 1.97. The van der Waals surface area contributed by atoms with Crippen molar-refractivity contribution in [2.45, 2.75) is 72.3 Å². The lowest BCUT2D eigenvalue weighted by molar-refractivity contribution is -0.697. The molecule has 0 saturated heterocycles. The SMILES string of the molecule is CC(=O)[O-].CCCCCC[n+]1cccc(CCCC)c1. The van der Waals surface area contributed by atoms with E-state index in [1.54, 1.807) is 0 Å². The highest BCUT2D eigenvalue weighted by Gasteiger charge is 2.02. The zero-order chi connectivity index (χ0) is 15.2. The normalized spacial score (nSPS) is 9.75. The molecule has 1 heterocycles. The number of rotatable bonds is 8. The number of pyridine rings is 1. The van der Waals surface area contributed by atoms with Crippen LogP contribution in [0.3, 0.4) is 0 Å². The van der Waals surface area contributed by atoms with Crippen molar-refractivity contribution in [3.63, 3.8) is 0 Å². The molecular weight excluding hydrogens is 250 g/mol. The van der Waals surface area contributed by atoms with Gasteiger partial charge in [0.05, 0.1) is 0 Å². The molecule has 114 valence electrons. The Bertz CT molecular complexity index is 360. The van der Waals surface area contributed by atoms with Crippen molar-refractivity contribution < 1.29 is 14.5 Å². The number of aryl methyl sites for hydroxylation is 2. The van der Waals surface area contributed by atoms with Crippen molar-refractivity contribution in [1.29, 1.82) is 0 Å². The summed E-state index contributed by atoms with van der Waals surface area (Å²) in [7, 11) is 0. The minimum Gasteiger partial charge on any atom is -0.550 e. The van der Waals surface area contributed by atoms with E-state index in [4.69, 9.17) is 9.90 Å². The highest BCUT2D eigenvalue weighted by Crippen LogP contribution is 2.02. The minimum atomic E-state index is -1.08. The maximum absolute atomic E-state index is 8.89. The molecule has 0 aliphatic carbocycles. The third-order valence-corrected chi connectivity index (χ3v) is 3.01. The lowest BCUT2D eigenvalue weighted by Crippen LogP contribution is -2.33. The topological polar surface area (TPSA) is 44.0 Å². The largest absolute Gasteiger partial charge is 0.550 e. The van der Waals surface area contributed by atoms with Crippen LogP contribution in [0.25, 0.3) is 0 Å². The van der Waals surface area contributed by atoms with E-state index in [0.29, 0.717) is 0 Å². The van der Waals surface area contributed by atoms with Crippen LogP contribution in [0.5, 0.6) is 0 Å². The van der Waals surface area contributed by atoms with Crippen LogP contribution in [0.1, 0.15) is 64.9 Å². The van der Waals surface area contributed by atoms with Crippen LogP contribution in [-0.2, 0) is 17.8 Å². The second kappa shape index (κ2) is 12.6. The summed E-state index contributed by atoms with van der Waals surface area (Å²) in [6.07, 6.45) is 13.7. The predicted octanol–water partition coefficient (Wildman–Crippen LogP) is 2.65. The molecule has 0 aliphatic heterocycles. The van der Waals surface area contributed by atoms with Crippen LogP contribution in [-0.4, -0.2) is 5.97 Å². The van der Waals surface area contributed by atoms with Crippen molar-refractivity contribution >= 4 is 5.97 Å². The molecule has 0 saturated carbocycles. The molecule has 0 unspecified atom stereocenters. The second-order valence-electron chi connectivity index (χ2n) is 5.11. The molecule has 1 rings (SSSR count). The van der Waals surface area contributed by atoms with Gasteiger partial charge in [-0.05, 0) is 32.3 Å². The van der Waals surface area contributed by atoms with Crippen molar-refractivity contribution in [2.24, 2.45) is 0 Å². The Morgan fingerprint density at radius 1 is 1.15 bits per heavy atom. The van der Waals surface area contributed by atoms with E-state index in [1.165, 1.54) is 57.1 Å². The minimum absolute atomic E-state index is 0.972. The first-order valence-corrected chi connectivity index (χ1v) is 7.75. The fraction of sp³-hybridized carbons (Fsp3) is 0.647. The van der Waals surface area contributed by atoms with Crippen LogP contribution in [0.2, 0.25) is 0 Å². The Balaban J connectivity index is 0.000000796. The number of hydrogen-bond donors (Lipinski definition) is 0. The van der Waals surface area contributed by atoms with Gasteiger partial charge in [-0.3, -0.25) is 0 Å². The third-order valence-electron chi connectivity index (χ3n) is 3.01. The van der Waals surface area contributed by atoms with Gasteiger partial charge in [0.1, 0.15) is 6.54 Å². The Morgan fingerprint density at radius 3 is 2.40 bits per heavy atom. The molecule has 1 aromatic rings. The summed E-state index contributed by atoms with van der Waals surface area (Å²) in [6.45, 7) is 6.67. The number of carboxylic acid groups (broad SMARTS) is 1. The van der Waals surface area contributed by atoms with E-state index in [1.807, 2.05) is 0 Å². The van der Waals surface area contributed by atoms with E-state index in [9.17, 15) is 0 Å². The zero-order valence-corrected chi connectivity index (χ0v) is 13.2. The number of aliphatic carboxylic acids is 1. The van der Waals surface area contributed by atoms with Crippen molar-refractivity contribution in [2.75, 3.05) is 0 Å². The van der Waals surface area contributed by atoms with Gasteiger partial charge in [-0.25, -0.2) is 4.57 Å². The van der Waals surface area contributed by atoms with Gasteiger partial charge in [-0.15, -0.1) is 0 Å². The van der Waals surface area contributed by atoms with Crippen LogP contribution < -0.4 is 9.67 Å². The van der Waals surface area contributed by atoms with E-state index < -0.39 is 5.97 Å². The Labute approximate surface area is 123 Å². The average Bonchev–Trinajstić information content (AvgIpc) is 2.41. The first-order chi connectivity index (χ1) is 9.60. The molecule has 0 bridgehead atoms. The Morgan fingerprint density at radius 2 is 1.80 bits per heavy atom. The number of carboxylic acids is 1. The molecule has 0 N–H and O–H groups in total. The maximum atomic E-state index is 8.89. The van der Waals surface area contributed by atoms with Gasteiger partial charge < -0.3 is 9.90 Å². The molecule has 0 fully saturated rings. The molecule has 0 atom stereocenters. The first kappa shape index (κ1) is 18.6. The Hall–Kier alpha value is -1.38. The molecule has 20 heavy (non-hydrogen) atoms. The molecular formula is C17H29NO2. The first-order valence-electron chi connectivity index (χ1n) is 7.75. The van der Waals surface area contributed by atoms with Crippen LogP contribution in [0.15, 0.2) is 24.5 Å². The summed E-state index contributed by atoms with van der Waals surface area (Å²) >= 11 is 0. The van der Waals surface area contributed by atoms with Crippen LogP contribution >= 0.6 is 0 Å². The molecule has 0 radical (unpaired) electrons. The van der Waals surface area contributed by atoms with Gasteiger partial charge in [-0.1, -0.05) is 33.1 Å². The zero-order valence-electron chi connectivity index (χ0n) is 13.2. The Kier molecular flexibility index (Phi) is 11.8. The van der Waals surface area contributed by atoms with E-state index in [2.05, 4.69) is 42.9 Å². The van der Waals surface area contributed by atoms with Gasteiger partial charge in [0, 0.05) is 24.0 Å². The number of unbranched alkanes of at least 4 members (excludes halogenated alkanes) is 4. The lowest BCUT2D eigenvalue weighted by Gasteiger charge is -2.00. The number of aromatic nitrogens is 1. The fourth-order valence-corrected chi connectivity index (χ4v) is 1.97. The smallest absolute Gasteiger partial charge is 0.171 e. The molecule has 1 aromatic heterocycles. The number of carbonyl (C=O) groups is 1. The molecule has 0 amide bonds. The van der Waals surface area contributed by atoms with Gasteiger partial charge in [0.25, 0.3) is 0 Å². The molecule has 0 spiro atoms. The lowest BCUT2D eigenvalue weighted by atomic mass is 10.1. The quantitative estimate of drug-likeness (QED) is 0.542. The third kappa shape index (κ3) is 11.7. The van der Waals surface area contributed by atoms with E-state index >= 15 is 0 Å². The van der Waals surface area contributed by atoms with E-state index in [-0.39, 0.29) is 0 Å². The predicted molar refractivity (Wildman–Crippen MR) is 80.1 cm³/mol. The van der Waals surface area contributed by atoms with Gasteiger partial charge >= 0.3 is 0 Å². The molecule has 3 heteroatoms. The van der Waals surface area contributed by atoms with Gasteiger partial charge in [-0.2, -0.15) is 0 Å². The maximum Gasteiger partial charge on any atom is 0.171 e. The summed E-state index contributed by atoms with van der Waals surface area (Å²) in [5.74, 6) is -1.08.